The molecule has 0 radical (unpaired) electrons. The number of rotatable bonds is 8. The van der Waals surface area contributed by atoms with E-state index in [1.807, 2.05) is 24.3 Å². The molecule has 0 saturated heterocycles. The molecule has 4 N–H and O–H groups in total. The molecule has 1 amide bonds. The Balaban J connectivity index is 2.14. The Morgan fingerprint density at radius 2 is 1.90 bits per heavy atom. The van der Waals surface area contributed by atoms with Crippen LogP contribution in [0.5, 0.6) is 0 Å². The van der Waals surface area contributed by atoms with Gasteiger partial charge in [0.25, 0.3) is 0 Å². The summed E-state index contributed by atoms with van der Waals surface area (Å²) in [5.41, 5.74) is 6.37. The van der Waals surface area contributed by atoms with Crippen molar-refractivity contribution in [3.05, 3.63) is 33.4 Å². The zero-order valence-corrected chi connectivity index (χ0v) is 13.3. The molecular formula is C14H19IN2O3. The Bertz CT molecular complexity index is 448. The van der Waals surface area contributed by atoms with Crippen LogP contribution in [0.1, 0.15) is 24.8 Å². The van der Waals surface area contributed by atoms with E-state index in [-0.39, 0.29) is 5.91 Å². The van der Waals surface area contributed by atoms with Gasteiger partial charge in [-0.3, -0.25) is 9.59 Å². The fourth-order valence-corrected chi connectivity index (χ4v) is 2.05. The minimum atomic E-state index is -0.979. The van der Waals surface area contributed by atoms with Crippen LogP contribution < -0.4 is 11.1 Å². The van der Waals surface area contributed by atoms with Gasteiger partial charge in [-0.1, -0.05) is 12.1 Å². The van der Waals surface area contributed by atoms with Gasteiger partial charge in [-0.15, -0.1) is 0 Å². The van der Waals surface area contributed by atoms with Gasteiger partial charge >= 0.3 is 5.97 Å². The zero-order chi connectivity index (χ0) is 15.0. The predicted molar refractivity (Wildman–Crippen MR) is 85.3 cm³/mol. The van der Waals surface area contributed by atoms with E-state index in [1.54, 1.807) is 0 Å². The molecule has 0 spiro atoms. The van der Waals surface area contributed by atoms with Crippen LogP contribution in [0.25, 0.3) is 0 Å². The van der Waals surface area contributed by atoms with E-state index in [1.165, 1.54) is 0 Å². The molecule has 5 nitrogen and oxygen atoms in total. The highest BCUT2D eigenvalue weighted by atomic mass is 127. The van der Waals surface area contributed by atoms with E-state index in [0.717, 1.165) is 15.6 Å². The quantitative estimate of drug-likeness (QED) is 0.464. The lowest BCUT2D eigenvalue weighted by Gasteiger charge is -2.07. The smallest absolute Gasteiger partial charge is 0.320 e. The van der Waals surface area contributed by atoms with Crippen molar-refractivity contribution in [2.75, 3.05) is 6.54 Å². The number of carboxylic acids is 1. The summed E-state index contributed by atoms with van der Waals surface area (Å²) >= 11 is 2.22. The summed E-state index contributed by atoms with van der Waals surface area (Å²) in [6.45, 7) is 0.551. The first-order chi connectivity index (χ1) is 9.49. The van der Waals surface area contributed by atoms with E-state index >= 15 is 0 Å². The molecule has 0 fully saturated rings. The monoisotopic (exact) mass is 390 g/mol. The number of nitrogens with two attached hydrogens (primary N) is 1. The number of amides is 1. The molecule has 0 bridgehead atoms. The standard InChI is InChI=1S/C14H19IN2O3/c15-11-6-4-10(5-7-11)9-13(18)17-8-2-1-3-12(16)14(19)20/h4-7,12H,1-3,8-9,16H2,(H,17,18)(H,19,20). The van der Waals surface area contributed by atoms with Gasteiger partial charge in [0, 0.05) is 10.1 Å². The highest BCUT2D eigenvalue weighted by Gasteiger charge is 2.10. The Kier molecular flexibility index (Phi) is 7.53. The number of aliphatic carboxylic acids is 1. The summed E-state index contributed by atoms with van der Waals surface area (Å²) in [4.78, 5) is 22.2. The molecule has 1 aromatic rings. The lowest BCUT2D eigenvalue weighted by atomic mass is 10.1. The molecule has 1 atom stereocenters. The maximum absolute atomic E-state index is 11.7. The third kappa shape index (κ3) is 6.85. The van der Waals surface area contributed by atoms with Crippen molar-refractivity contribution >= 4 is 34.5 Å². The van der Waals surface area contributed by atoms with Gasteiger partial charge in [0.2, 0.25) is 5.91 Å². The van der Waals surface area contributed by atoms with Crippen LogP contribution in [0.3, 0.4) is 0 Å². The second kappa shape index (κ2) is 8.91. The van der Waals surface area contributed by atoms with Gasteiger partial charge in [0.15, 0.2) is 0 Å². The van der Waals surface area contributed by atoms with Gasteiger partial charge < -0.3 is 16.2 Å². The van der Waals surface area contributed by atoms with E-state index in [4.69, 9.17) is 10.8 Å². The highest BCUT2D eigenvalue weighted by molar-refractivity contribution is 14.1. The second-order valence-electron chi connectivity index (χ2n) is 4.59. The molecular weight excluding hydrogens is 371 g/mol. The number of halogens is 1. The molecule has 1 unspecified atom stereocenters. The molecule has 0 aliphatic heterocycles. The second-order valence-corrected chi connectivity index (χ2v) is 5.84. The summed E-state index contributed by atoms with van der Waals surface area (Å²) in [6.07, 6.45) is 2.23. The van der Waals surface area contributed by atoms with Crippen molar-refractivity contribution < 1.29 is 14.7 Å². The predicted octanol–water partition coefficient (Wildman–Crippen LogP) is 1.53. The number of unbranched alkanes of at least 4 members (excludes halogenated alkanes) is 1. The van der Waals surface area contributed by atoms with Gasteiger partial charge in [-0.25, -0.2) is 0 Å². The Hall–Kier alpha value is -1.15. The molecule has 1 rings (SSSR count). The average Bonchev–Trinajstić information content (AvgIpc) is 2.40. The number of hydrogen-bond donors (Lipinski definition) is 3. The van der Waals surface area contributed by atoms with Gasteiger partial charge in [0.1, 0.15) is 6.04 Å². The zero-order valence-electron chi connectivity index (χ0n) is 11.1. The SMILES string of the molecule is NC(CCCCNC(=O)Cc1ccc(I)cc1)C(=O)O. The highest BCUT2D eigenvalue weighted by Crippen LogP contribution is 2.07. The summed E-state index contributed by atoms with van der Waals surface area (Å²) in [5, 5.41) is 11.4. The molecule has 110 valence electrons. The van der Waals surface area contributed by atoms with Gasteiger partial charge in [0.05, 0.1) is 6.42 Å². The lowest BCUT2D eigenvalue weighted by Crippen LogP contribution is -2.30. The van der Waals surface area contributed by atoms with E-state index in [0.29, 0.717) is 25.8 Å². The maximum Gasteiger partial charge on any atom is 0.320 e. The van der Waals surface area contributed by atoms with E-state index in [2.05, 4.69) is 27.9 Å². The molecule has 0 saturated carbocycles. The van der Waals surface area contributed by atoms with Crippen molar-refractivity contribution in [1.29, 1.82) is 0 Å². The van der Waals surface area contributed by atoms with Gasteiger partial charge in [-0.2, -0.15) is 0 Å². The Morgan fingerprint density at radius 3 is 2.50 bits per heavy atom. The first-order valence-corrected chi connectivity index (χ1v) is 7.56. The van der Waals surface area contributed by atoms with Crippen molar-refractivity contribution in [2.24, 2.45) is 5.73 Å². The first-order valence-electron chi connectivity index (χ1n) is 6.48. The molecule has 1 aromatic carbocycles. The summed E-state index contributed by atoms with van der Waals surface area (Å²) in [7, 11) is 0. The number of carbonyl (C=O) groups excluding carboxylic acids is 1. The number of carbonyl (C=O) groups is 2. The summed E-state index contributed by atoms with van der Waals surface area (Å²) in [6, 6.07) is 7.01. The average molecular weight is 390 g/mol. The Morgan fingerprint density at radius 1 is 1.25 bits per heavy atom. The van der Waals surface area contributed by atoms with Crippen LogP contribution in [-0.2, 0) is 16.0 Å². The van der Waals surface area contributed by atoms with E-state index < -0.39 is 12.0 Å². The van der Waals surface area contributed by atoms with Crippen molar-refractivity contribution in [3.8, 4) is 0 Å². The number of benzene rings is 1. The summed E-state index contributed by atoms with van der Waals surface area (Å²) < 4.78 is 1.14. The number of carboxylic acid groups (broad SMARTS) is 1. The van der Waals surface area contributed by atoms with Crippen LogP contribution in [0, 0.1) is 3.57 Å². The van der Waals surface area contributed by atoms with Crippen molar-refractivity contribution in [3.63, 3.8) is 0 Å². The Labute approximate surface area is 132 Å². The van der Waals surface area contributed by atoms with Crippen LogP contribution >= 0.6 is 22.6 Å². The minimum Gasteiger partial charge on any atom is -0.480 e. The lowest BCUT2D eigenvalue weighted by molar-refractivity contribution is -0.138. The van der Waals surface area contributed by atoms with Crippen molar-refractivity contribution in [2.45, 2.75) is 31.7 Å². The number of nitrogens with one attached hydrogen (secondary N) is 1. The number of hydrogen-bond acceptors (Lipinski definition) is 3. The third-order valence-corrected chi connectivity index (χ3v) is 3.58. The molecule has 0 aromatic heterocycles. The molecule has 0 heterocycles. The molecule has 6 heteroatoms. The molecule has 0 aliphatic carbocycles. The molecule has 0 aliphatic rings. The molecule has 20 heavy (non-hydrogen) atoms. The fraction of sp³-hybridized carbons (Fsp3) is 0.429. The minimum absolute atomic E-state index is 0.0197. The largest absolute Gasteiger partial charge is 0.480 e. The fourth-order valence-electron chi connectivity index (χ4n) is 1.69. The summed E-state index contributed by atoms with van der Waals surface area (Å²) in [5.74, 6) is -0.999. The van der Waals surface area contributed by atoms with Gasteiger partial charge in [-0.05, 0) is 59.5 Å². The third-order valence-electron chi connectivity index (χ3n) is 2.86. The van der Waals surface area contributed by atoms with Crippen LogP contribution in [-0.4, -0.2) is 29.6 Å². The first kappa shape index (κ1) is 16.9. The van der Waals surface area contributed by atoms with Crippen LogP contribution in [0.15, 0.2) is 24.3 Å². The topological polar surface area (TPSA) is 92.4 Å². The van der Waals surface area contributed by atoms with Crippen molar-refractivity contribution in [1.82, 2.24) is 5.32 Å². The maximum atomic E-state index is 11.7. The van der Waals surface area contributed by atoms with E-state index in [9.17, 15) is 9.59 Å². The van der Waals surface area contributed by atoms with Crippen LogP contribution in [0.2, 0.25) is 0 Å². The van der Waals surface area contributed by atoms with Crippen LogP contribution in [0.4, 0.5) is 0 Å². The normalized spacial score (nSPS) is 11.9.